The van der Waals surface area contributed by atoms with Crippen LogP contribution in [0.2, 0.25) is 0 Å². The summed E-state index contributed by atoms with van der Waals surface area (Å²) in [5.41, 5.74) is 3.20. The highest BCUT2D eigenvalue weighted by Gasteiger charge is 2.45. The van der Waals surface area contributed by atoms with Gasteiger partial charge in [0.25, 0.3) is 11.8 Å². The van der Waals surface area contributed by atoms with Crippen molar-refractivity contribution in [3.05, 3.63) is 114 Å². The molecule has 1 aliphatic carbocycles. The van der Waals surface area contributed by atoms with Crippen molar-refractivity contribution >= 4 is 29.3 Å². The minimum absolute atomic E-state index is 0.0352. The molecule has 0 bridgehead atoms. The smallest absolute Gasteiger partial charge is 0.262 e. The van der Waals surface area contributed by atoms with Crippen molar-refractivity contribution in [2.24, 2.45) is 0 Å². The Morgan fingerprint density at radius 3 is 2.21 bits per heavy atom. The number of piperidine rings is 1. The molecule has 262 valence electrons. The SMILES string of the molecule is CC(C)(c1ccc(Oc2cnc(-n3ccnn3)cn2)cc1)c1ccc(OC2CC(Nc3ccc4c(c3)C(=O)N(C3CCC(=O)NC3=O)C4=O)C2)cc1. The van der Waals surface area contributed by atoms with Gasteiger partial charge >= 0.3 is 0 Å². The van der Waals surface area contributed by atoms with Crippen molar-refractivity contribution in [2.45, 2.75) is 63.1 Å². The highest BCUT2D eigenvalue weighted by molar-refractivity contribution is 6.23. The Balaban J connectivity index is 0.831. The van der Waals surface area contributed by atoms with E-state index < -0.39 is 29.7 Å². The number of amides is 4. The molecule has 3 aromatic carbocycles. The summed E-state index contributed by atoms with van der Waals surface area (Å²) in [6.07, 6.45) is 8.15. The van der Waals surface area contributed by atoms with Crippen LogP contribution in [0.1, 0.15) is 71.4 Å². The molecule has 2 aromatic heterocycles. The third-order valence-corrected chi connectivity index (χ3v) is 9.85. The molecule has 2 fully saturated rings. The Bertz CT molecular complexity index is 2160. The van der Waals surface area contributed by atoms with Gasteiger partial charge in [0, 0.05) is 36.4 Å². The van der Waals surface area contributed by atoms with E-state index in [1.54, 1.807) is 43.0 Å². The molecule has 14 heteroatoms. The van der Waals surface area contributed by atoms with Crippen molar-refractivity contribution in [2.75, 3.05) is 5.32 Å². The Morgan fingerprint density at radius 1 is 0.846 bits per heavy atom. The van der Waals surface area contributed by atoms with E-state index in [1.807, 2.05) is 36.4 Å². The molecule has 1 unspecified atom stereocenters. The zero-order chi connectivity index (χ0) is 36.0. The minimum Gasteiger partial charge on any atom is -0.490 e. The zero-order valence-electron chi connectivity index (χ0n) is 28.4. The maximum atomic E-state index is 13.2. The number of anilines is 1. The first-order valence-electron chi connectivity index (χ1n) is 17.0. The predicted molar refractivity (Wildman–Crippen MR) is 186 cm³/mol. The van der Waals surface area contributed by atoms with Gasteiger partial charge in [-0.1, -0.05) is 43.3 Å². The summed E-state index contributed by atoms with van der Waals surface area (Å²) < 4.78 is 13.7. The fourth-order valence-corrected chi connectivity index (χ4v) is 6.76. The second-order valence-electron chi connectivity index (χ2n) is 13.6. The molecule has 0 spiro atoms. The average Bonchev–Trinajstić information content (AvgIpc) is 3.75. The molecule has 5 aromatic rings. The number of imide groups is 2. The van der Waals surface area contributed by atoms with Gasteiger partial charge in [-0.2, -0.15) is 0 Å². The van der Waals surface area contributed by atoms with E-state index in [2.05, 4.69) is 56.9 Å². The van der Waals surface area contributed by atoms with Crippen molar-refractivity contribution < 1.29 is 28.7 Å². The standard InChI is InChI=1S/C38H34N8O6/c1-38(2,23-5-10-27(11-6-23)52-34-21-39-32(20-40-34)45-16-15-41-44-45)22-3-8-26(9-4-22)51-28-17-25(18-28)42-24-7-12-29-30(19-24)37(50)46(36(29)49)31-13-14-33(47)43-35(31)48/h3-12,15-16,19-21,25,28,31,42H,13-14,17-18H2,1-2H3,(H,43,47,48). The van der Waals surface area contributed by atoms with Crippen LogP contribution in [-0.4, -0.2) is 71.7 Å². The molecule has 1 atom stereocenters. The quantitative estimate of drug-likeness (QED) is 0.196. The fourth-order valence-electron chi connectivity index (χ4n) is 6.76. The van der Waals surface area contributed by atoms with Gasteiger partial charge in [-0.3, -0.25) is 29.4 Å². The summed E-state index contributed by atoms with van der Waals surface area (Å²) in [7, 11) is 0. The monoisotopic (exact) mass is 698 g/mol. The first kappa shape index (κ1) is 32.7. The summed E-state index contributed by atoms with van der Waals surface area (Å²) >= 11 is 0. The number of benzene rings is 3. The van der Waals surface area contributed by atoms with E-state index in [1.165, 1.54) is 4.68 Å². The Labute approximate surface area is 298 Å². The Morgan fingerprint density at radius 2 is 1.56 bits per heavy atom. The first-order chi connectivity index (χ1) is 25.1. The third kappa shape index (κ3) is 6.23. The van der Waals surface area contributed by atoms with E-state index in [-0.39, 0.29) is 41.5 Å². The van der Waals surface area contributed by atoms with Gasteiger partial charge in [0.1, 0.15) is 23.6 Å². The average molecular weight is 699 g/mol. The molecular weight excluding hydrogens is 664 g/mol. The van der Waals surface area contributed by atoms with Crippen LogP contribution in [0.25, 0.3) is 5.82 Å². The van der Waals surface area contributed by atoms with Crippen molar-refractivity contribution in [1.82, 2.24) is 35.2 Å². The highest BCUT2D eigenvalue weighted by atomic mass is 16.5. The number of hydrogen-bond donors (Lipinski definition) is 2. The van der Waals surface area contributed by atoms with Crippen molar-refractivity contribution in [1.29, 1.82) is 0 Å². The molecule has 4 heterocycles. The highest BCUT2D eigenvalue weighted by Crippen LogP contribution is 2.36. The Hall–Kier alpha value is -6.44. The number of aromatic nitrogens is 5. The van der Waals surface area contributed by atoms with Crippen LogP contribution in [-0.2, 0) is 15.0 Å². The number of carbonyl (C=O) groups is 4. The van der Waals surface area contributed by atoms with Crippen molar-refractivity contribution in [3.63, 3.8) is 0 Å². The molecule has 3 aliphatic rings. The van der Waals surface area contributed by atoms with Gasteiger partial charge in [0.2, 0.25) is 17.7 Å². The molecule has 4 amide bonds. The van der Waals surface area contributed by atoms with Gasteiger partial charge in [0.15, 0.2) is 5.82 Å². The van der Waals surface area contributed by atoms with Gasteiger partial charge in [-0.15, -0.1) is 5.10 Å². The molecule has 14 nitrogen and oxygen atoms in total. The zero-order valence-corrected chi connectivity index (χ0v) is 28.4. The van der Waals surface area contributed by atoms with Gasteiger partial charge in [-0.05, 0) is 60.0 Å². The van der Waals surface area contributed by atoms with Crippen LogP contribution in [0.4, 0.5) is 5.69 Å². The van der Waals surface area contributed by atoms with Crippen molar-refractivity contribution in [3.8, 4) is 23.2 Å². The lowest BCUT2D eigenvalue weighted by Gasteiger charge is -2.36. The molecule has 2 aliphatic heterocycles. The second-order valence-corrected chi connectivity index (χ2v) is 13.6. The molecule has 52 heavy (non-hydrogen) atoms. The summed E-state index contributed by atoms with van der Waals surface area (Å²) in [5, 5.41) is 13.3. The molecular formula is C38H34N8O6. The minimum atomic E-state index is -0.989. The van der Waals surface area contributed by atoms with Crippen LogP contribution >= 0.6 is 0 Å². The lowest BCUT2D eigenvalue weighted by Crippen LogP contribution is -2.54. The third-order valence-electron chi connectivity index (χ3n) is 9.85. The van der Waals surface area contributed by atoms with E-state index in [0.717, 1.165) is 34.6 Å². The van der Waals surface area contributed by atoms with Gasteiger partial charge in [0.05, 0.1) is 35.9 Å². The van der Waals surface area contributed by atoms with Gasteiger partial charge < -0.3 is 14.8 Å². The number of hydrogen-bond acceptors (Lipinski definition) is 11. The van der Waals surface area contributed by atoms with E-state index in [0.29, 0.717) is 23.1 Å². The topological polar surface area (TPSA) is 171 Å². The lowest BCUT2D eigenvalue weighted by atomic mass is 9.78. The largest absolute Gasteiger partial charge is 0.490 e. The second kappa shape index (κ2) is 13.0. The molecule has 2 N–H and O–H groups in total. The summed E-state index contributed by atoms with van der Waals surface area (Å²) in [4.78, 5) is 59.7. The van der Waals surface area contributed by atoms with Gasteiger partial charge in [-0.25, -0.2) is 14.6 Å². The fraction of sp³-hybridized carbons (Fsp3) is 0.263. The van der Waals surface area contributed by atoms with Crippen LogP contribution in [0, 0.1) is 0 Å². The van der Waals surface area contributed by atoms with Crippen LogP contribution in [0.15, 0.2) is 91.5 Å². The normalized spacial score (nSPS) is 19.9. The number of ether oxygens (including phenoxy) is 2. The number of nitrogens with one attached hydrogen (secondary N) is 2. The van der Waals surface area contributed by atoms with Crippen LogP contribution in [0.3, 0.4) is 0 Å². The number of fused-ring (bicyclic) bond motifs is 1. The molecule has 1 saturated carbocycles. The van der Waals surface area contributed by atoms with E-state index in [9.17, 15) is 19.2 Å². The number of carbonyl (C=O) groups excluding carboxylic acids is 4. The molecule has 1 saturated heterocycles. The maximum absolute atomic E-state index is 13.2. The summed E-state index contributed by atoms with van der Waals surface area (Å²) in [6.45, 7) is 4.34. The predicted octanol–water partition coefficient (Wildman–Crippen LogP) is 4.60. The number of rotatable bonds is 10. The van der Waals surface area contributed by atoms with E-state index in [4.69, 9.17) is 9.47 Å². The molecule has 0 radical (unpaired) electrons. The summed E-state index contributed by atoms with van der Waals surface area (Å²) in [5.74, 6) is 0.282. The first-order valence-corrected chi connectivity index (χ1v) is 17.0. The maximum Gasteiger partial charge on any atom is 0.262 e. The number of nitrogens with zero attached hydrogens (tertiary/aromatic N) is 6. The van der Waals surface area contributed by atoms with Crippen LogP contribution < -0.4 is 20.1 Å². The Kier molecular flexibility index (Phi) is 8.20. The lowest BCUT2D eigenvalue weighted by molar-refractivity contribution is -0.136. The summed E-state index contributed by atoms with van der Waals surface area (Å²) in [6, 6.07) is 20.3. The molecule has 8 rings (SSSR count). The van der Waals surface area contributed by atoms with E-state index >= 15 is 0 Å². The van der Waals surface area contributed by atoms with Crippen LogP contribution in [0.5, 0.6) is 17.4 Å².